The van der Waals surface area contributed by atoms with Crippen molar-refractivity contribution >= 4 is 22.8 Å². The monoisotopic (exact) mass is 210 g/mol. The van der Waals surface area contributed by atoms with Gasteiger partial charge >= 0.3 is 0 Å². The zero-order valence-electron chi connectivity index (χ0n) is 7.12. The molecule has 1 unspecified atom stereocenters. The fourth-order valence-electron chi connectivity index (χ4n) is 1.38. The van der Waals surface area contributed by atoms with Gasteiger partial charge in [-0.1, -0.05) is 0 Å². The van der Waals surface area contributed by atoms with Gasteiger partial charge < -0.3 is 9.29 Å². The highest BCUT2D eigenvalue weighted by Gasteiger charge is 2.33. The summed E-state index contributed by atoms with van der Waals surface area (Å²) in [6.07, 6.45) is 1.78. The minimum atomic E-state index is -1.74. The predicted octanol–water partition coefficient (Wildman–Crippen LogP) is 1.12. The SMILES string of the molecule is COC1(CS(=O)O)CCSCC1. The number of rotatable bonds is 3. The summed E-state index contributed by atoms with van der Waals surface area (Å²) in [6.45, 7) is 0. The lowest BCUT2D eigenvalue weighted by atomic mass is 9.99. The Balaban J connectivity index is 2.53. The van der Waals surface area contributed by atoms with Gasteiger partial charge in [0.05, 0.1) is 11.4 Å². The van der Waals surface area contributed by atoms with E-state index in [1.165, 1.54) is 0 Å². The predicted molar refractivity (Wildman–Crippen MR) is 51.9 cm³/mol. The van der Waals surface area contributed by atoms with Crippen LogP contribution < -0.4 is 0 Å². The van der Waals surface area contributed by atoms with E-state index in [-0.39, 0.29) is 11.4 Å². The molecule has 5 heteroatoms. The highest BCUT2D eigenvalue weighted by atomic mass is 32.2. The Morgan fingerprint density at radius 3 is 2.58 bits per heavy atom. The third-order valence-corrected chi connectivity index (χ3v) is 3.98. The second-order valence-corrected chi connectivity index (χ2v) is 5.12. The van der Waals surface area contributed by atoms with Crippen molar-refractivity contribution < 1.29 is 13.5 Å². The van der Waals surface area contributed by atoms with Crippen LogP contribution in [0.5, 0.6) is 0 Å². The first kappa shape index (κ1) is 10.5. The largest absolute Gasteiger partial charge is 0.377 e. The van der Waals surface area contributed by atoms with Crippen LogP contribution in [-0.2, 0) is 15.8 Å². The van der Waals surface area contributed by atoms with Crippen LogP contribution in [0.3, 0.4) is 0 Å². The van der Waals surface area contributed by atoms with Gasteiger partial charge in [0.1, 0.15) is 0 Å². The van der Waals surface area contributed by atoms with E-state index >= 15 is 0 Å². The Morgan fingerprint density at radius 2 is 2.17 bits per heavy atom. The molecule has 12 heavy (non-hydrogen) atoms. The molecule has 0 amide bonds. The Labute approximate surface area is 79.5 Å². The van der Waals surface area contributed by atoms with E-state index < -0.39 is 11.1 Å². The van der Waals surface area contributed by atoms with Gasteiger partial charge in [-0.2, -0.15) is 11.8 Å². The van der Waals surface area contributed by atoms with Crippen LogP contribution in [0.1, 0.15) is 12.8 Å². The van der Waals surface area contributed by atoms with Crippen molar-refractivity contribution in [1.29, 1.82) is 0 Å². The Bertz CT molecular complexity index is 166. The van der Waals surface area contributed by atoms with Crippen molar-refractivity contribution in [2.24, 2.45) is 0 Å². The number of methoxy groups -OCH3 is 1. The van der Waals surface area contributed by atoms with Crippen LogP contribution in [0, 0.1) is 0 Å². The third kappa shape index (κ3) is 2.73. The Morgan fingerprint density at radius 1 is 1.58 bits per heavy atom. The quantitative estimate of drug-likeness (QED) is 0.709. The molecule has 1 heterocycles. The summed E-state index contributed by atoms with van der Waals surface area (Å²) in [6, 6.07) is 0. The maximum atomic E-state index is 10.7. The minimum Gasteiger partial charge on any atom is -0.377 e. The highest BCUT2D eigenvalue weighted by Crippen LogP contribution is 2.30. The highest BCUT2D eigenvalue weighted by molar-refractivity contribution is 7.99. The van der Waals surface area contributed by atoms with E-state index in [1.54, 1.807) is 7.11 Å². The molecular weight excluding hydrogens is 196 g/mol. The molecule has 0 saturated carbocycles. The second-order valence-electron chi connectivity index (χ2n) is 2.97. The first-order chi connectivity index (χ1) is 5.68. The molecule has 1 aliphatic heterocycles. The molecule has 1 aliphatic rings. The normalized spacial score (nSPS) is 25.2. The Kier molecular flexibility index (Phi) is 4.02. The van der Waals surface area contributed by atoms with Crippen molar-refractivity contribution in [3.05, 3.63) is 0 Å². The van der Waals surface area contributed by atoms with Crippen LogP contribution in [-0.4, -0.2) is 38.7 Å². The van der Waals surface area contributed by atoms with Gasteiger partial charge in [0.15, 0.2) is 11.1 Å². The molecule has 3 nitrogen and oxygen atoms in total. The Hall–Kier alpha value is 0.420. The van der Waals surface area contributed by atoms with Crippen molar-refractivity contribution in [3.8, 4) is 0 Å². The molecule has 0 aromatic rings. The van der Waals surface area contributed by atoms with Crippen molar-refractivity contribution in [3.63, 3.8) is 0 Å². The zero-order valence-corrected chi connectivity index (χ0v) is 8.75. The third-order valence-electron chi connectivity index (χ3n) is 2.22. The molecule has 1 saturated heterocycles. The first-order valence-electron chi connectivity index (χ1n) is 3.89. The molecule has 0 aromatic heterocycles. The molecule has 1 atom stereocenters. The van der Waals surface area contributed by atoms with Gasteiger partial charge in [0.2, 0.25) is 0 Å². The summed E-state index contributed by atoms with van der Waals surface area (Å²) >= 11 is 0.142. The number of ether oxygens (including phenoxy) is 1. The van der Waals surface area contributed by atoms with Crippen molar-refractivity contribution in [2.45, 2.75) is 18.4 Å². The molecule has 1 rings (SSSR count). The van der Waals surface area contributed by atoms with E-state index in [2.05, 4.69) is 0 Å². The molecule has 0 aliphatic carbocycles. The average molecular weight is 210 g/mol. The summed E-state index contributed by atoms with van der Waals surface area (Å²) in [5, 5.41) is 0. The van der Waals surface area contributed by atoms with Gasteiger partial charge in [-0.05, 0) is 24.3 Å². The molecule has 1 N–H and O–H groups in total. The number of hydrogen-bond acceptors (Lipinski definition) is 3. The smallest absolute Gasteiger partial charge is 0.155 e. The second kappa shape index (κ2) is 4.60. The number of hydrogen-bond donors (Lipinski definition) is 1. The van der Waals surface area contributed by atoms with Crippen LogP contribution in [0.15, 0.2) is 0 Å². The summed E-state index contributed by atoms with van der Waals surface area (Å²) in [5.74, 6) is 2.32. The summed E-state index contributed by atoms with van der Waals surface area (Å²) in [5.41, 5.74) is -0.329. The molecular formula is C7H14O3S2. The van der Waals surface area contributed by atoms with Crippen LogP contribution in [0.25, 0.3) is 0 Å². The molecule has 1 fully saturated rings. The zero-order chi connectivity index (χ0) is 9.03. The minimum absolute atomic E-state index is 0.254. The number of thioether (sulfide) groups is 1. The summed E-state index contributed by atoms with van der Waals surface area (Å²) in [7, 11) is 1.63. The lowest BCUT2D eigenvalue weighted by Crippen LogP contribution is -2.41. The first-order valence-corrected chi connectivity index (χ1v) is 6.32. The van der Waals surface area contributed by atoms with Crippen molar-refractivity contribution in [1.82, 2.24) is 0 Å². The fraction of sp³-hybridized carbons (Fsp3) is 1.00. The van der Waals surface area contributed by atoms with Crippen LogP contribution >= 0.6 is 11.8 Å². The molecule has 0 radical (unpaired) electrons. The lowest BCUT2D eigenvalue weighted by Gasteiger charge is -2.34. The van der Waals surface area contributed by atoms with Gasteiger partial charge in [0.25, 0.3) is 0 Å². The summed E-state index contributed by atoms with van der Waals surface area (Å²) < 4.78 is 24.8. The van der Waals surface area contributed by atoms with Crippen LogP contribution in [0.4, 0.5) is 0 Å². The van der Waals surface area contributed by atoms with Gasteiger partial charge in [-0.3, -0.25) is 0 Å². The van der Waals surface area contributed by atoms with E-state index in [0.717, 1.165) is 24.3 Å². The standard InChI is InChI=1S/C7H14O3S2/c1-10-7(6-12(8)9)2-4-11-5-3-7/h2-6H2,1H3,(H,8,9). The van der Waals surface area contributed by atoms with E-state index in [1.807, 2.05) is 11.8 Å². The molecule has 0 spiro atoms. The van der Waals surface area contributed by atoms with Gasteiger partial charge in [-0.15, -0.1) is 0 Å². The lowest BCUT2D eigenvalue weighted by molar-refractivity contribution is 0.00238. The molecule has 0 bridgehead atoms. The van der Waals surface area contributed by atoms with E-state index in [0.29, 0.717) is 0 Å². The topological polar surface area (TPSA) is 46.5 Å². The molecule has 72 valence electrons. The van der Waals surface area contributed by atoms with Gasteiger partial charge in [0, 0.05) is 7.11 Å². The summed E-state index contributed by atoms with van der Waals surface area (Å²) in [4.78, 5) is 0. The maximum Gasteiger partial charge on any atom is 0.155 e. The molecule has 0 aromatic carbocycles. The van der Waals surface area contributed by atoms with Gasteiger partial charge in [-0.25, -0.2) is 4.21 Å². The van der Waals surface area contributed by atoms with E-state index in [9.17, 15) is 4.21 Å². The fourth-order valence-corrected chi connectivity index (χ4v) is 3.47. The van der Waals surface area contributed by atoms with Crippen molar-refractivity contribution in [2.75, 3.05) is 24.4 Å². The average Bonchev–Trinajstić information content (AvgIpc) is 2.05. The maximum absolute atomic E-state index is 10.7. The van der Waals surface area contributed by atoms with Crippen LogP contribution in [0.2, 0.25) is 0 Å². The van der Waals surface area contributed by atoms with E-state index in [4.69, 9.17) is 9.29 Å².